The summed E-state index contributed by atoms with van der Waals surface area (Å²) in [6.45, 7) is 2.56. The third-order valence-electron chi connectivity index (χ3n) is 5.13. The average Bonchev–Trinajstić information content (AvgIpc) is 3.15. The largest absolute Gasteiger partial charge is 0.343 e. The Morgan fingerprint density at radius 1 is 1.20 bits per heavy atom. The van der Waals surface area contributed by atoms with E-state index in [1.54, 1.807) is 11.3 Å². The molecule has 1 aromatic heterocycles. The van der Waals surface area contributed by atoms with E-state index in [-0.39, 0.29) is 11.9 Å². The van der Waals surface area contributed by atoms with E-state index in [0.717, 1.165) is 5.56 Å². The van der Waals surface area contributed by atoms with Gasteiger partial charge >= 0.3 is 0 Å². The van der Waals surface area contributed by atoms with Crippen LogP contribution in [0.15, 0.2) is 41.8 Å². The molecule has 1 amide bonds. The highest BCUT2D eigenvalue weighted by Gasteiger charge is 2.22. The fourth-order valence-electron chi connectivity index (χ4n) is 3.62. The Morgan fingerprint density at radius 3 is 2.56 bits per heavy atom. The Morgan fingerprint density at radius 2 is 1.92 bits per heavy atom. The van der Waals surface area contributed by atoms with Gasteiger partial charge in [-0.25, -0.2) is 0 Å². The van der Waals surface area contributed by atoms with E-state index in [4.69, 9.17) is 0 Å². The molecule has 25 heavy (non-hydrogen) atoms. The maximum Gasteiger partial charge on any atom is 0.234 e. The fraction of sp³-hybridized carbons (Fsp3) is 0.476. The summed E-state index contributed by atoms with van der Waals surface area (Å²) in [6.07, 6.45) is 6.35. The van der Waals surface area contributed by atoms with Gasteiger partial charge in [-0.15, -0.1) is 11.3 Å². The number of nitrogens with zero attached hydrogens (tertiary/aromatic N) is 1. The highest BCUT2D eigenvalue weighted by Crippen LogP contribution is 2.26. The summed E-state index contributed by atoms with van der Waals surface area (Å²) >= 11 is 1.69. The van der Waals surface area contributed by atoms with Gasteiger partial charge in [-0.2, -0.15) is 0 Å². The Kier molecular flexibility index (Phi) is 6.27. The molecule has 0 aliphatic heterocycles. The van der Waals surface area contributed by atoms with E-state index in [1.807, 2.05) is 6.07 Å². The van der Waals surface area contributed by atoms with Crippen molar-refractivity contribution in [2.75, 3.05) is 13.6 Å². The van der Waals surface area contributed by atoms with Crippen molar-refractivity contribution in [2.45, 2.75) is 51.1 Å². The Balaban J connectivity index is 1.67. The molecule has 3 nitrogen and oxygen atoms in total. The molecular formula is C21H28N2OS. The second kappa shape index (κ2) is 8.63. The van der Waals surface area contributed by atoms with E-state index < -0.39 is 0 Å². The summed E-state index contributed by atoms with van der Waals surface area (Å²) < 4.78 is 0. The first-order valence-electron chi connectivity index (χ1n) is 9.23. The maximum absolute atomic E-state index is 12.7. The number of rotatable bonds is 6. The van der Waals surface area contributed by atoms with Crippen LogP contribution in [0.25, 0.3) is 0 Å². The number of aryl methyl sites for hydroxylation is 1. The van der Waals surface area contributed by atoms with Crippen molar-refractivity contribution >= 4 is 17.2 Å². The topological polar surface area (TPSA) is 32.3 Å². The third kappa shape index (κ3) is 4.93. The molecule has 0 radical (unpaired) electrons. The van der Waals surface area contributed by atoms with Gasteiger partial charge in [0.2, 0.25) is 5.91 Å². The summed E-state index contributed by atoms with van der Waals surface area (Å²) in [4.78, 5) is 16.1. The maximum atomic E-state index is 12.7. The highest BCUT2D eigenvalue weighted by molar-refractivity contribution is 7.10. The van der Waals surface area contributed by atoms with Crippen molar-refractivity contribution in [3.8, 4) is 0 Å². The molecule has 1 unspecified atom stereocenters. The van der Waals surface area contributed by atoms with Gasteiger partial charge in [0, 0.05) is 10.9 Å². The molecule has 134 valence electrons. The summed E-state index contributed by atoms with van der Waals surface area (Å²) in [5.41, 5.74) is 2.37. The van der Waals surface area contributed by atoms with Crippen molar-refractivity contribution in [2.24, 2.45) is 0 Å². The van der Waals surface area contributed by atoms with Crippen molar-refractivity contribution in [1.82, 2.24) is 10.2 Å². The monoisotopic (exact) mass is 356 g/mol. The van der Waals surface area contributed by atoms with Gasteiger partial charge in [0.15, 0.2) is 0 Å². The van der Waals surface area contributed by atoms with Gasteiger partial charge in [0.05, 0.1) is 12.6 Å². The Bertz CT molecular complexity index is 660. The smallest absolute Gasteiger partial charge is 0.234 e. The Hall–Kier alpha value is -1.65. The highest BCUT2D eigenvalue weighted by atomic mass is 32.1. The molecule has 1 aliphatic rings. The van der Waals surface area contributed by atoms with Gasteiger partial charge in [-0.1, -0.05) is 55.2 Å². The Labute approximate surface area is 155 Å². The molecule has 1 heterocycles. The molecule has 4 heteroatoms. The number of carbonyl (C=O) groups excluding carboxylic acids is 1. The number of likely N-dealkylation sites (N-methyl/N-ethyl adjacent to an activating group) is 1. The molecule has 1 aromatic carbocycles. The standard InChI is InChI=1S/C21H28N2OS/c1-16-10-12-17(13-11-16)21(19-9-6-14-25-19)22-20(24)15-23(2)18-7-4-3-5-8-18/h6,9-14,18,21H,3-5,7-8,15H2,1-2H3,(H,22,24). The van der Waals surface area contributed by atoms with Gasteiger partial charge in [0.1, 0.15) is 0 Å². The number of benzene rings is 1. The number of nitrogens with one attached hydrogen (secondary N) is 1. The summed E-state index contributed by atoms with van der Waals surface area (Å²) in [6, 6.07) is 13.1. The van der Waals surface area contributed by atoms with Crippen molar-refractivity contribution in [1.29, 1.82) is 0 Å². The predicted octanol–water partition coefficient (Wildman–Crippen LogP) is 4.53. The average molecular weight is 357 g/mol. The van der Waals surface area contributed by atoms with Gasteiger partial charge in [-0.3, -0.25) is 9.69 Å². The van der Waals surface area contributed by atoms with Crippen LogP contribution < -0.4 is 5.32 Å². The quantitative estimate of drug-likeness (QED) is 0.825. The van der Waals surface area contributed by atoms with Crippen LogP contribution in [0.2, 0.25) is 0 Å². The SMILES string of the molecule is Cc1ccc(C(NC(=O)CN(C)C2CCCCC2)c2cccs2)cc1. The van der Waals surface area contributed by atoms with Gasteiger partial charge < -0.3 is 5.32 Å². The van der Waals surface area contributed by atoms with Gasteiger partial charge in [-0.05, 0) is 43.8 Å². The first-order valence-corrected chi connectivity index (χ1v) is 10.1. The molecule has 0 saturated heterocycles. The summed E-state index contributed by atoms with van der Waals surface area (Å²) in [7, 11) is 2.08. The van der Waals surface area contributed by atoms with Crippen LogP contribution >= 0.6 is 11.3 Å². The van der Waals surface area contributed by atoms with E-state index >= 15 is 0 Å². The molecule has 1 saturated carbocycles. The molecular weight excluding hydrogens is 328 g/mol. The molecule has 2 aromatic rings. The molecule has 1 N–H and O–H groups in total. The van der Waals surface area contributed by atoms with Crippen molar-refractivity contribution in [3.05, 3.63) is 57.8 Å². The molecule has 0 spiro atoms. The van der Waals surface area contributed by atoms with E-state index in [9.17, 15) is 4.79 Å². The lowest BCUT2D eigenvalue weighted by Crippen LogP contribution is -2.42. The van der Waals surface area contributed by atoms with Crippen LogP contribution in [-0.2, 0) is 4.79 Å². The van der Waals surface area contributed by atoms with Gasteiger partial charge in [0.25, 0.3) is 0 Å². The van der Waals surface area contributed by atoms with Crippen LogP contribution in [-0.4, -0.2) is 30.4 Å². The fourth-order valence-corrected chi connectivity index (χ4v) is 4.42. The number of thiophene rings is 1. The zero-order valence-electron chi connectivity index (χ0n) is 15.2. The van der Waals surface area contributed by atoms with Crippen molar-refractivity contribution < 1.29 is 4.79 Å². The van der Waals surface area contributed by atoms with Crippen molar-refractivity contribution in [3.63, 3.8) is 0 Å². The lowest BCUT2D eigenvalue weighted by atomic mass is 9.94. The lowest BCUT2D eigenvalue weighted by molar-refractivity contribution is -0.123. The molecule has 1 fully saturated rings. The molecule has 0 bridgehead atoms. The minimum atomic E-state index is -0.0622. The first kappa shape index (κ1) is 18.2. The first-order chi connectivity index (χ1) is 12.1. The second-order valence-corrected chi connectivity index (χ2v) is 8.11. The second-order valence-electron chi connectivity index (χ2n) is 7.13. The minimum Gasteiger partial charge on any atom is -0.343 e. The zero-order chi connectivity index (χ0) is 17.6. The molecule has 1 aliphatic carbocycles. The number of hydrogen-bond acceptors (Lipinski definition) is 3. The third-order valence-corrected chi connectivity index (χ3v) is 6.07. The van der Waals surface area contributed by atoms with E-state index in [1.165, 1.54) is 42.5 Å². The van der Waals surface area contributed by atoms with Crippen LogP contribution in [0.1, 0.15) is 54.1 Å². The normalized spacial score (nSPS) is 16.8. The van der Waals surface area contributed by atoms with Crippen LogP contribution in [0.5, 0.6) is 0 Å². The summed E-state index contributed by atoms with van der Waals surface area (Å²) in [5.74, 6) is 0.104. The number of hydrogen-bond donors (Lipinski definition) is 1. The number of carbonyl (C=O) groups is 1. The van der Waals surface area contributed by atoms with Crippen LogP contribution in [0.3, 0.4) is 0 Å². The molecule has 1 atom stereocenters. The molecule has 3 rings (SSSR count). The lowest BCUT2D eigenvalue weighted by Gasteiger charge is -2.31. The van der Waals surface area contributed by atoms with Crippen LogP contribution in [0, 0.1) is 6.92 Å². The van der Waals surface area contributed by atoms with E-state index in [2.05, 4.69) is 59.9 Å². The van der Waals surface area contributed by atoms with E-state index in [0.29, 0.717) is 12.6 Å². The number of amides is 1. The zero-order valence-corrected chi connectivity index (χ0v) is 16.0. The summed E-state index contributed by atoms with van der Waals surface area (Å²) in [5, 5.41) is 5.32. The van der Waals surface area contributed by atoms with Crippen LogP contribution in [0.4, 0.5) is 0 Å². The predicted molar refractivity (Wildman–Crippen MR) is 105 cm³/mol. The minimum absolute atomic E-state index is 0.0622.